The van der Waals surface area contributed by atoms with E-state index in [0.717, 1.165) is 135 Å². The lowest BCUT2D eigenvalue weighted by Crippen LogP contribution is -2.57. The Hall–Kier alpha value is -9.44. The van der Waals surface area contributed by atoms with Gasteiger partial charge in [-0.05, 0) is 144 Å². The molecule has 9 aliphatic rings. The normalized spacial score (nSPS) is 21.4. The highest BCUT2D eigenvalue weighted by Crippen LogP contribution is 2.49. The van der Waals surface area contributed by atoms with Gasteiger partial charge in [-0.15, -0.1) is 23.2 Å². The van der Waals surface area contributed by atoms with Crippen molar-refractivity contribution >= 4 is 116 Å². The van der Waals surface area contributed by atoms with Crippen LogP contribution in [0.3, 0.4) is 0 Å². The summed E-state index contributed by atoms with van der Waals surface area (Å²) in [4.78, 5) is 117. The number of amides is 7. The number of halogens is 2. The number of benzene rings is 6. The van der Waals surface area contributed by atoms with Gasteiger partial charge in [-0.25, -0.2) is 19.3 Å². The largest absolute Gasteiger partial charge is 0.493 e. The van der Waals surface area contributed by atoms with E-state index in [9.17, 15) is 33.6 Å². The number of hydrogen-bond donors (Lipinski definition) is 0. The molecule has 0 N–H and O–H groups in total. The fraction of sp³-hybridized carbons (Fsp3) is 0.517. The Morgan fingerprint density at radius 3 is 1.57 bits per heavy atom. The van der Waals surface area contributed by atoms with Crippen molar-refractivity contribution in [1.82, 2.24) is 29.4 Å². The molecule has 6 aromatic rings. The van der Waals surface area contributed by atoms with Gasteiger partial charge in [0.25, 0.3) is 11.8 Å². The number of carbonyl (C=O) groups excluding carboxylic acids is 7. The average Bonchev–Trinajstić information content (AvgIpc) is 1.63. The number of unbranched alkanes of at least 4 members (excludes halogenated alkanes) is 4. The van der Waals surface area contributed by atoms with Gasteiger partial charge in [-0.2, -0.15) is 0 Å². The maximum Gasteiger partial charge on any atom is 0.416 e. The summed E-state index contributed by atoms with van der Waals surface area (Å²) in [5, 5.41) is 3.52. The number of piperidine rings is 2. The van der Waals surface area contributed by atoms with Crippen molar-refractivity contribution < 1.29 is 76.2 Å². The predicted molar refractivity (Wildman–Crippen MR) is 442 cm³/mol. The number of alkyl halides is 2. The van der Waals surface area contributed by atoms with Crippen molar-refractivity contribution in [3.8, 4) is 34.5 Å². The van der Waals surface area contributed by atoms with Crippen molar-refractivity contribution in [2.24, 2.45) is 4.99 Å². The van der Waals surface area contributed by atoms with E-state index < -0.39 is 30.7 Å². The number of aliphatic imine (C=N–C) groups is 1. The first kappa shape index (κ1) is 82.1. The Kier molecular flexibility index (Phi) is 27.2. The van der Waals surface area contributed by atoms with Crippen LogP contribution in [0.4, 0.5) is 37.1 Å². The van der Waals surface area contributed by atoms with Crippen LogP contribution in [-0.2, 0) is 23.8 Å². The van der Waals surface area contributed by atoms with Crippen LogP contribution in [0.2, 0.25) is 0 Å². The lowest BCUT2D eigenvalue weighted by Gasteiger charge is -2.42. The molecule has 0 aliphatic carbocycles. The zero-order chi connectivity index (χ0) is 80.2. The van der Waals surface area contributed by atoms with E-state index in [-0.39, 0.29) is 66.4 Å². The number of hydrogen-bond acceptors (Lipinski definition) is 19. The zero-order valence-corrected chi connectivity index (χ0v) is 67.9. The average molecular weight is 1620 g/mol. The van der Waals surface area contributed by atoms with Gasteiger partial charge < -0.3 is 81.8 Å². The highest BCUT2D eigenvalue weighted by atomic mass is 35.5. The summed E-state index contributed by atoms with van der Waals surface area (Å²) in [5.74, 6) is 3.01. The second-order valence-corrected chi connectivity index (χ2v) is 31.7. The van der Waals surface area contributed by atoms with Crippen LogP contribution in [0.1, 0.15) is 153 Å². The summed E-state index contributed by atoms with van der Waals surface area (Å²) in [7, 11) is 7.16. The van der Waals surface area contributed by atoms with Gasteiger partial charge in [0.1, 0.15) is 18.1 Å². The molecule has 0 aromatic heterocycles. The van der Waals surface area contributed by atoms with Crippen LogP contribution in [0.25, 0.3) is 21.5 Å². The van der Waals surface area contributed by atoms with E-state index in [1.54, 1.807) is 51.0 Å². The third kappa shape index (κ3) is 18.2. The van der Waals surface area contributed by atoms with Gasteiger partial charge in [0.15, 0.2) is 35.5 Å². The minimum absolute atomic E-state index is 0.0164. The second kappa shape index (κ2) is 38.1. The lowest BCUT2D eigenvalue weighted by atomic mass is 9.95. The van der Waals surface area contributed by atoms with Gasteiger partial charge in [-0.3, -0.25) is 24.2 Å². The fourth-order valence-corrected chi connectivity index (χ4v) is 17.7. The van der Waals surface area contributed by atoms with E-state index in [4.69, 9.17) is 65.8 Å². The highest BCUT2D eigenvalue weighted by Gasteiger charge is 2.48. The molecule has 9 aliphatic heterocycles. The fourth-order valence-electron chi connectivity index (χ4n) is 17.2. The van der Waals surface area contributed by atoms with Gasteiger partial charge in [0, 0.05) is 163 Å². The number of anilines is 3. The summed E-state index contributed by atoms with van der Waals surface area (Å²) < 4.78 is 54.1. The molecule has 7 amide bonds. The molecule has 0 saturated carbocycles. The van der Waals surface area contributed by atoms with E-state index in [1.165, 1.54) is 18.1 Å². The van der Waals surface area contributed by atoms with Crippen molar-refractivity contribution in [3.63, 3.8) is 0 Å². The number of fused-ring (bicyclic) bond motifs is 10. The van der Waals surface area contributed by atoms with E-state index in [1.807, 2.05) is 90.8 Å². The Morgan fingerprint density at radius 1 is 0.539 bits per heavy atom. The topological polar surface area (TPSA) is 244 Å². The molecular formula is C87H106Cl2N10O16. The Labute approximate surface area is 682 Å². The molecular weight excluding hydrogens is 1510 g/mol. The predicted octanol–water partition coefficient (Wildman–Crippen LogP) is 14.5. The molecule has 5 saturated heterocycles. The van der Waals surface area contributed by atoms with E-state index >= 15 is 0 Å². The van der Waals surface area contributed by atoms with Crippen LogP contribution in [0.5, 0.6) is 34.5 Å². The van der Waals surface area contributed by atoms with E-state index in [2.05, 4.69) is 21.4 Å². The van der Waals surface area contributed by atoms with Crippen LogP contribution in [-0.4, -0.2) is 247 Å². The van der Waals surface area contributed by atoms with E-state index in [0.29, 0.717) is 174 Å². The molecule has 28 heteroatoms. The number of piperazine rings is 2. The minimum atomic E-state index is -0.866. The zero-order valence-electron chi connectivity index (χ0n) is 66.4. The highest BCUT2D eigenvalue weighted by molar-refractivity contribution is 6.20. The number of methoxy groups -OCH3 is 2. The smallest absolute Gasteiger partial charge is 0.416 e. The molecule has 0 spiro atoms. The van der Waals surface area contributed by atoms with Gasteiger partial charge in [0.05, 0.1) is 73.4 Å². The Bertz CT molecular complexity index is 4580. The third-order valence-corrected chi connectivity index (χ3v) is 24.3. The first-order valence-corrected chi connectivity index (χ1v) is 42.0. The van der Waals surface area contributed by atoms with Gasteiger partial charge in [0.2, 0.25) is 11.8 Å². The van der Waals surface area contributed by atoms with Gasteiger partial charge >= 0.3 is 18.3 Å². The molecule has 0 bridgehead atoms. The van der Waals surface area contributed by atoms with Crippen LogP contribution in [0, 0.1) is 0 Å². The first-order valence-electron chi connectivity index (χ1n) is 40.9. The van der Waals surface area contributed by atoms with Crippen molar-refractivity contribution in [2.75, 3.05) is 160 Å². The number of carbonyl (C=O) groups is 7. The summed E-state index contributed by atoms with van der Waals surface area (Å²) in [6.45, 7) is 12.7. The van der Waals surface area contributed by atoms with Crippen LogP contribution < -0.4 is 43.1 Å². The molecule has 9 heterocycles. The number of rotatable bonds is 24. The molecule has 0 radical (unpaired) electrons. The maximum atomic E-state index is 14.3. The Balaban J connectivity index is 0.000000195. The monoisotopic (exact) mass is 1620 g/mol. The summed E-state index contributed by atoms with van der Waals surface area (Å²) >= 11 is 13.0. The van der Waals surface area contributed by atoms with Crippen molar-refractivity contribution in [2.45, 2.75) is 146 Å². The minimum Gasteiger partial charge on any atom is -0.493 e. The molecule has 115 heavy (non-hydrogen) atoms. The van der Waals surface area contributed by atoms with Crippen molar-refractivity contribution in [3.05, 3.63) is 120 Å². The molecule has 6 aromatic carbocycles. The summed E-state index contributed by atoms with van der Waals surface area (Å²) in [6.07, 6.45) is 13.3. The third-order valence-electron chi connectivity index (χ3n) is 23.6. The molecule has 2 unspecified atom stereocenters. The Morgan fingerprint density at radius 2 is 1.04 bits per heavy atom. The molecule has 5 fully saturated rings. The first-order chi connectivity index (χ1) is 56.1. The molecule has 614 valence electrons. The maximum absolute atomic E-state index is 14.3. The number of likely N-dealkylation sites (N-methyl/N-ethyl adjacent to an activating group) is 2. The van der Waals surface area contributed by atoms with Crippen LogP contribution >= 0.6 is 23.2 Å². The second-order valence-electron chi connectivity index (χ2n) is 31.1. The molecule has 26 nitrogen and oxygen atoms in total. The van der Waals surface area contributed by atoms with Crippen LogP contribution in [0.15, 0.2) is 103 Å². The standard InChI is InChI=1S/C48H60ClN5O10.C39H46ClN5O6/c1-4-24-62-48(58)54-37-28-41(40(59-3)27-35(37)45(56)52-19-11-9-16-36(52)46(54)64-43-18-10-13-26-61-43)60-25-12-5-6-17-42(55)53-31-32(30-49)44-34-15-8-7-14-33(34)39(29-38(44)53)63-47(57)51-22-20-50(2)21-23-51;1-42-15-17-43(18-16-42)39(48)51-33-22-32-37(29-12-6-5-11-28(29)33)26(23-40)25-45(32)36(46)13-4-3-9-19-50-35-21-31-30(20-34(35)49-2)38(47)44-14-8-7-10-27(44)24-41-31/h4,7-8,14-15,27-29,32,36,43,46H,1,5-6,9-13,16-26,30-31H2,2-3H3;5-6,11-12,20-22,24,26-27H,3-4,7-10,13-19,23,25H2,1-2H3/t32-,36+,43?,46?;26-,27+/m11/s1. The SMILES string of the molecule is C=CCOC(=O)N1c2cc(OCCCCCC(=O)N3C[C@@H](CCl)c4c3cc(OC(=O)N3CCN(C)CC3)c3ccccc43)c(OC)cc2C(=O)N2CCCC[C@H]2C1OC1CCCCO1.COc1cc2c(cc1OCCCCCC(=O)N1C[C@@H](CCl)c3c1cc(OC(=O)N1CCN(C)CC1)c1ccccc31)N=C[C@@H]1CCCCN1C2=O. The van der Waals surface area contributed by atoms with Gasteiger partial charge in [-0.1, -0.05) is 61.2 Å². The molecule has 6 atom stereocenters. The number of ether oxygens (including phenoxy) is 9. The molecule has 15 rings (SSSR count). The lowest BCUT2D eigenvalue weighted by molar-refractivity contribution is -0.198. The van der Waals surface area contributed by atoms with Crippen molar-refractivity contribution in [1.29, 1.82) is 0 Å². The summed E-state index contributed by atoms with van der Waals surface area (Å²) in [6, 6.07) is 25.8. The summed E-state index contributed by atoms with van der Waals surface area (Å²) in [5.41, 5.74) is 5.24. The number of nitrogens with zero attached hydrogens (tertiary/aromatic N) is 10. The quantitative estimate of drug-likeness (QED) is 0.0310.